The van der Waals surface area contributed by atoms with Crippen molar-refractivity contribution in [1.82, 2.24) is 5.32 Å². The van der Waals surface area contributed by atoms with Gasteiger partial charge in [-0.25, -0.2) is 18.6 Å². The van der Waals surface area contributed by atoms with Gasteiger partial charge < -0.3 is 21.9 Å². The van der Waals surface area contributed by atoms with E-state index < -0.39 is 23.7 Å². The number of fused-ring (bicyclic) bond motifs is 3. The van der Waals surface area contributed by atoms with Crippen LogP contribution in [0.5, 0.6) is 0 Å². The number of hydrogen-bond donors (Lipinski definition) is 5. The lowest BCUT2D eigenvalue weighted by Gasteiger charge is -2.33. The maximum Gasteiger partial charge on any atom is 0.490 e. The Balaban J connectivity index is 0.000000345. The number of alkyl halides is 5. The van der Waals surface area contributed by atoms with Crippen LogP contribution in [0, 0.1) is 0 Å². The fraction of sp³-hybridized carbons (Fsp3) is 0.600. The van der Waals surface area contributed by atoms with E-state index in [0.29, 0.717) is 30.6 Å². The summed E-state index contributed by atoms with van der Waals surface area (Å²) in [5, 5.41) is 13.3. The van der Waals surface area contributed by atoms with Crippen LogP contribution in [-0.2, 0) is 23.3 Å². The zero-order valence-electron chi connectivity index (χ0n) is 14.8. The van der Waals surface area contributed by atoms with Gasteiger partial charge in [-0.05, 0) is 25.6 Å². The van der Waals surface area contributed by atoms with Crippen molar-refractivity contribution in [3.63, 3.8) is 0 Å². The van der Waals surface area contributed by atoms with E-state index in [1.165, 1.54) is 11.3 Å². The number of nitrogens with zero attached hydrogens (tertiary/aromatic N) is 1. The molecule has 2 heterocycles. The van der Waals surface area contributed by atoms with Crippen molar-refractivity contribution >= 4 is 29.0 Å². The summed E-state index contributed by atoms with van der Waals surface area (Å²) in [6.07, 6.45) is -4.46. The molecule has 3 rings (SSSR count). The van der Waals surface area contributed by atoms with Gasteiger partial charge in [0.15, 0.2) is 11.6 Å². The third kappa shape index (κ3) is 4.52. The number of guanidine groups is 1. The number of thiophene rings is 1. The summed E-state index contributed by atoms with van der Waals surface area (Å²) in [6.45, 7) is 0.426. The van der Waals surface area contributed by atoms with Gasteiger partial charge in [-0.3, -0.25) is 5.32 Å². The van der Waals surface area contributed by atoms with E-state index in [1.54, 1.807) is 7.05 Å². The standard InChI is InChI=1S/C13H19F2N5S.C2HF3O2/c1-18-13(4-5-16)10-9(19-11(17)20-13)7-6-12(14,15)3-2-8(7)21-10;3-2(4,5)1(6)7/h18H,2-6,16H2,1H3,(H3,17,19,20);(H,6,7). The molecule has 0 spiro atoms. The second-order valence-corrected chi connectivity index (χ2v) is 7.42. The molecule has 0 radical (unpaired) electrons. The average Bonchev–Trinajstić information content (AvgIpc) is 2.92. The highest BCUT2D eigenvalue weighted by molar-refractivity contribution is 7.13. The van der Waals surface area contributed by atoms with Crippen molar-refractivity contribution in [2.75, 3.05) is 18.9 Å². The Kier molecular flexibility index (Phi) is 6.21. The van der Waals surface area contributed by atoms with E-state index in [-0.39, 0.29) is 18.8 Å². The molecular weight excluding hydrogens is 409 g/mol. The number of aryl methyl sites for hydroxylation is 1. The molecule has 1 atom stereocenters. The minimum Gasteiger partial charge on any atom is -0.475 e. The lowest BCUT2D eigenvalue weighted by atomic mass is 9.91. The molecule has 0 aromatic carbocycles. The largest absolute Gasteiger partial charge is 0.490 e. The van der Waals surface area contributed by atoms with Crippen LogP contribution in [0.25, 0.3) is 0 Å². The maximum atomic E-state index is 13.7. The van der Waals surface area contributed by atoms with Gasteiger partial charge in [0.25, 0.3) is 5.92 Å². The van der Waals surface area contributed by atoms with Crippen LogP contribution in [0.4, 0.5) is 27.6 Å². The number of rotatable bonds is 3. The molecule has 1 aromatic heterocycles. The van der Waals surface area contributed by atoms with Crippen molar-refractivity contribution in [3.8, 4) is 0 Å². The molecule has 1 aliphatic heterocycles. The van der Waals surface area contributed by atoms with Crippen molar-refractivity contribution in [2.24, 2.45) is 16.5 Å². The van der Waals surface area contributed by atoms with Gasteiger partial charge in [0.1, 0.15) is 0 Å². The zero-order chi connectivity index (χ0) is 21.3. The van der Waals surface area contributed by atoms with Gasteiger partial charge in [-0.15, -0.1) is 11.3 Å². The minimum absolute atomic E-state index is 0.0980. The number of nitrogens with two attached hydrogens (primary N) is 2. The quantitative estimate of drug-likeness (QED) is 0.468. The molecule has 0 amide bonds. The molecule has 28 heavy (non-hydrogen) atoms. The summed E-state index contributed by atoms with van der Waals surface area (Å²) < 4.78 is 59.2. The van der Waals surface area contributed by atoms with Crippen LogP contribution < -0.4 is 22.1 Å². The van der Waals surface area contributed by atoms with Crippen LogP contribution >= 0.6 is 11.3 Å². The number of anilines is 1. The lowest BCUT2D eigenvalue weighted by molar-refractivity contribution is -0.192. The predicted molar refractivity (Wildman–Crippen MR) is 94.6 cm³/mol. The first-order valence-electron chi connectivity index (χ1n) is 8.19. The first-order chi connectivity index (χ1) is 12.8. The zero-order valence-corrected chi connectivity index (χ0v) is 15.6. The van der Waals surface area contributed by atoms with Crippen LogP contribution in [0.3, 0.4) is 0 Å². The SMILES string of the molecule is CNC1(CCN)N=C(N)Nc2c1sc1c2CC(F)(F)CC1.O=C(O)C(F)(F)F. The number of aliphatic imine (C=N–C) groups is 1. The average molecular weight is 429 g/mol. The fourth-order valence-corrected chi connectivity index (χ4v) is 4.50. The van der Waals surface area contributed by atoms with Crippen molar-refractivity contribution in [3.05, 3.63) is 15.3 Å². The van der Waals surface area contributed by atoms with Crippen LogP contribution in [0.1, 0.15) is 28.2 Å². The maximum absolute atomic E-state index is 13.7. The number of carbonyl (C=O) groups is 1. The number of aliphatic carboxylic acids is 1. The Morgan fingerprint density at radius 2 is 2.04 bits per heavy atom. The Morgan fingerprint density at radius 1 is 1.43 bits per heavy atom. The number of halogens is 5. The molecule has 7 nitrogen and oxygen atoms in total. The van der Waals surface area contributed by atoms with Gasteiger partial charge in [-0.2, -0.15) is 13.2 Å². The molecule has 158 valence electrons. The van der Waals surface area contributed by atoms with Gasteiger partial charge in [0.2, 0.25) is 0 Å². The lowest BCUT2D eigenvalue weighted by Crippen LogP contribution is -2.46. The highest BCUT2D eigenvalue weighted by atomic mass is 32.1. The molecular formula is C15H20F5N5O2S. The molecule has 0 bridgehead atoms. The Hall–Kier alpha value is -1.99. The number of carboxylic acid groups (broad SMARTS) is 1. The second kappa shape index (κ2) is 7.79. The number of carboxylic acids is 1. The number of nitrogens with one attached hydrogen (secondary N) is 2. The van der Waals surface area contributed by atoms with Crippen molar-refractivity contribution in [2.45, 2.75) is 43.4 Å². The van der Waals surface area contributed by atoms with Gasteiger partial charge in [-0.1, -0.05) is 0 Å². The minimum atomic E-state index is -5.08. The summed E-state index contributed by atoms with van der Waals surface area (Å²) in [5.74, 6) is -5.17. The molecule has 1 aliphatic carbocycles. The number of hydrogen-bond acceptors (Lipinski definition) is 7. The third-order valence-electron chi connectivity index (χ3n) is 4.35. The molecule has 0 saturated heterocycles. The van der Waals surface area contributed by atoms with Crippen molar-refractivity contribution in [1.29, 1.82) is 0 Å². The van der Waals surface area contributed by atoms with E-state index >= 15 is 0 Å². The summed E-state index contributed by atoms with van der Waals surface area (Å²) in [6, 6.07) is 0. The van der Waals surface area contributed by atoms with Crippen LogP contribution in [0.2, 0.25) is 0 Å². The van der Waals surface area contributed by atoms with Crippen LogP contribution in [-0.4, -0.2) is 42.7 Å². The molecule has 7 N–H and O–H groups in total. The Bertz CT molecular complexity index is 780. The normalized spacial score (nSPS) is 22.8. The fourth-order valence-electron chi connectivity index (χ4n) is 3.05. The van der Waals surface area contributed by atoms with Gasteiger partial charge in [0, 0.05) is 24.1 Å². The molecule has 13 heteroatoms. The van der Waals surface area contributed by atoms with E-state index in [1.807, 2.05) is 0 Å². The van der Waals surface area contributed by atoms with Crippen molar-refractivity contribution < 1.29 is 31.9 Å². The van der Waals surface area contributed by atoms with E-state index in [2.05, 4.69) is 15.6 Å². The third-order valence-corrected chi connectivity index (χ3v) is 5.79. The monoisotopic (exact) mass is 429 g/mol. The van der Waals surface area contributed by atoms with Gasteiger partial charge >= 0.3 is 12.1 Å². The molecule has 2 aliphatic rings. The first-order valence-corrected chi connectivity index (χ1v) is 9.01. The van der Waals surface area contributed by atoms with Gasteiger partial charge in [0.05, 0.1) is 10.6 Å². The topological polar surface area (TPSA) is 126 Å². The second-order valence-electron chi connectivity index (χ2n) is 6.31. The van der Waals surface area contributed by atoms with E-state index in [9.17, 15) is 22.0 Å². The molecule has 1 aromatic rings. The Labute approximate surface area is 161 Å². The smallest absolute Gasteiger partial charge is 0.475 e. The van der Waals surface area contributed by atoms with E-state index in [4.69, 9.17) is 21.4 Å². The molecule has 0 fully saturated rings. The predicted octanol–water partition coefficient (Wildman–Crippen LogP) is 1.97. The molecule has 0 saturated carbocycles. The van der Waals surface area contributed by atoms with E-state index in [0.717, 1.165) is 9.75 Å². The summed E-state index contributed by atoms with van der Waals surface area (Å²) in [4.78, 5) is 15.3. The summed E-state index contributed by atoms with van der Waals surface area (Å²) in [7, 11) is 1.79. The first kappa shape index (κ1) is 22.3. The Morgan fingerprint density at radius 3 is 2.54 bits per heavy atom. The highest BCUT2D eigenvalue weighted by Crippen LogP contribution is 2.49. The molecule has 1 unspecified atom stereocenters. The highest BCUT2D eigenvalue weighted by Gasteiger charge is 2.43. The van der Waals surface area contributed by atoms with Crippen LogP contribution in [0.15, 0.2) is 4.99 Å². The summed E-state index contributed by atoms with van der Waals surface area (Å²) >= 11 is 1.54. The summed E-state index contributed by atoms with van der Waals surface area (Å²) in [5.41, 5.74) is 12.2.